The minimum absolute atomic E-state index is 0.0722. The summed E-state index contributed by atoms with van der Waals surface area (Å²) >= 11 is 0. The molecule has 1 saturated heterocycles. The molecule has 134 valence electrons. The molecule has 1 aliphatic rings. The van der Waals surface area contributed by atoms with Crippen LogP contribution in [-0.2, 0) is 11.8 Å². The van der Waals surface area contributed by atoms with E-state index in [0.717, 1.165) is 18.8 Å². The Morgan fingerprint density at radius 1 is 1.36 bits per heavy atom. The molecule has 0 aliphatic carbocycles. The van der Waals surface area contributed by atoms with Crippen LogP contribution in [0, 0.1) is 6.92 Å². The summed E-state index contributed by atoms with van der Waals surface area (Å²) < 4.78 is 7.68. The summed E-state index contributed by atoms with van der Waals surface area (Å²) in [6, 6.07) is 10.5. The molecule has 2 atom stereocenters. The van der Waals surface area contributed by atoms with Gasteiger partial charge in [-0.1, -0.05) is 37.3 Å². The first-order valence-corrected chi connectivity index (χ1v) is 8.79. The number of ether oxygens (including phenoxy) is 1. The number of likely N-dealkylation sites (N-methyl/N-ethyl adjacent to an activating group) is 1. The van der Waals surface area contributed by atoms with Crippen molar-refractivity contribution in [3.63, 3.8) is 0 Å². The zero-order valence-electron chi connectivity index (χ0n) is 15.1. The molecule has 0 saturated carbocycles. The summed E-state index contributed by atoms with van der Waals surface area (Å²) in [5, 5.41) is 7.25. The van der Waals surface area contributed by atoms with Gasteiger partial charge in [0.2, 0.25) is 0 Å². The number of aryl methyl sites for hydroxylation is 2. The molecule has 0 radical (unpaired) electrons. The molecular weight excluding hydrogens is 316 g/mol. The largest absolute Gasteiger partial charge is 0.373 e. The van der Waals surface area contributed by atoms with E-state index < -0.39 is 0 Å². The predicted octanol–water partition coefficient (Wildman–Crippen LogP) is 1.92. The maximum atomic E-state index is 12.5. The Kier molecular flexibility index (Phi) is 5.50. The van der Waals surface area contributed by atoms with E-state index in [9.17, 15) is 4.79 Å². The summed E-state index contributed by atoms with van der Waals surface area (Å²) in [5.41, 5.74) is 2.57. The van der Waals surface area contributed by atoms with E-state index in [2.05, 4.69) is 34.4 Å². The summed E-state index contributed by atoms with van der Waals surface area (Å²) in [4.78, 5) is 14.9. The van der Waals surface area contributed by atoms with Crippen molar-refractivity contribution < 1.29 is 9.53 Å². The van der Waals surface area contributed by atoms with Crippen molar-refractivity contribution in [2.75, 3.05) is 26.2 Å². The summed E-state index contributed by atoms with van der Waals surface area (Å²) in [5.74, 6) is -0.102. The van der Waals surface area contributed by atoms with Gasteiger partial charge in [0.05, 0.1) is 30.0 Å². The van der Waals surface area contributed by atoms with Crippen LogP contribution >= 0.6 is 0 Å². The van der Waals surface area contributed by atoms with Crippen LogP contribution in [0.2, 0.25) is 0 Å². The highest BCUT2D eigenvalue weighted by Gasteiger charge is 2.33. The number of rotatable bonds is 5. The number of amides is 1. The van der Waals surface area contributed by atoms with Crippen LogP contribution in [-0.4, -0.2) is 52.9 Å². The van der Waals surface area contributed by atoms with Crippen LogP contribution in [0.5, 0.6) is 0 Å². The zero-order valence-corrected chi connectivity index (χ0v) is 15.1. The summed E-state index contributed by atoms with van der Waals surface area (Å²) in [6.45, 7) is 7.03. The molecule has 0 spiro atoms. The second kappa shape index (κ2) is 7.80. The van der Waals surface area contributed by atoms with E-state index in [1.807, 2.05) is 32.2 Å². The van der Waals surface area contributed by atoms with Gasteiger partial charge in [-0.2, -0.15) is 5.10 Å². The third-order valence-electron chi connectivity index (χ3n) is 4.73. The van der Waals surface area contributed by atoms with Crippen molar-refractivity contribution in [1.82, 2.24) is 20.0 Å². The van der Waals surface area contributed by atoms with Gasteiger partial charge in [0, 0.05) is 26.3 Å². The standard InChI is InChI=1S/C19H26N4O2/c1-4-23-10-11-25-17(18(23)15-8-6-5-7-9-15)12-20-19(24)16-13-22(3)21-14(16)2/h5-9,13,17-18H,4,10-12H2,1-3H3,(H,20,24)/t17-,18-/m0/s1. The molecule has 2 heterocycles. The van der Waals surface area contributed by atoms with Crippen LogP contribution in [0.15, 0.2) is 36.5 Å². The van der Waals surface area contributed by atoms with Crippen LogP contribution in [0.4, 0.5) is 0 Å². The molecule has 1 aromatic heterocycles. The fourth-order valence-electron chi connectivity index (χ4n) is 3.50. The first-order valence-electron chi connectivity index (χ1n) is 8.79. The van der Waals surface area contributed by atoms with E-state index >= 15 is 0 Å². The van der Waals surface area contributed by atoms with Crippen molar-refractivity contribution in [1.29, 1.82) is 0 Å². The number of carbonyl (C=O) groups excluding carboxylic acids is 1. The topological polar surface area (TPSA) is 59.4 Å². The number of nitrogens with one attached hydrogen (secondary N) is 1. The first-order chi connectivity index (χ1) is 12.1. The van der Waals surface area contributed by atoms with Crippen molar-refractivity contribution in [3.8, 4) is 0 Å². The Balaban J connectivity index is 1.73. The molecule has 1 fully saturated rings. The number of morpholine rings is 1. The lowest BCUT2D eigenvalue weighted by Gasteiger charge is -2.41. The molecule has 1 aliphatic heterocycles. The molecule has 6 heteroatoms. The minimum atomic E-state index is -0.102. The van der Waals surface area contributed by atoms with Crippen LogP contribution in [0.3, 0.4) is 0 Å². The second-order valence-corrected chi connectivity index (χ2v) is 6.41. The Morgan fingerprint density at radius 3 is 2.76 bits per heavy atom. The van der Waals surface area contributed by atoms with Gasteiger partial charge in [-0.25, -0.2) is 0 Å². The highest BCUT2D eigenvalue weighted by molar-refractivity contribution is 5.95. The van der Waals surface area contributed by atoms with Gasteiger partial charge in [-0.3, -0.25) is 14.4 Å². The Morgan fingerprint density at radius 2 is 2.12 bits per heavy atom. The third-order valence-corrected chi connectivity index (χ3v) is 4.73. The van der Waals surface area contributed by atoms with Crippen molar-refractivity contribution >= 4 is 5.91 Å². The number of hydrogen-bond acceptors (Lipinski definition) is 4. The fourth-order valence-corrected chi connectivity index (χ4v) is 3.50. The quantitative estimate of drug-likeness (QED) is 0.902. The lowest BCUT2D eigenvalue weighted by atomic mass is 9.97. The first kappa shape index (κ1) is 17.6. The van der Waals surface area contributed by atoms with Gasteiger partial charge in [0.15, 0.2) is 0 Å². The van der Waals surface area contributed by atoms with Crippen molar-refractivity contribution in [2.45, 2.75) is 26.0 Å². The normalized spacial score (nSPS) is 21.2. The van der Waals surface area contributed by atoms with E-state index in [1.54, 1.807) is 10.9 Å². The Hall–Kier alpha value is -2.18. The van der Waals surface area contributed by atoms with Gasteiger partial charge in [-0.15, -0.1) is 0 Å². The lowest BCUT2D eigenvalue weighted by Crippen LogP contribution is -2.49. The molecule has 1 amide bonds. The lowest BCUT2D eigenvalue weighted by molar-refractivity contribution is -0.0685. The molecule has 0 unspecified atom stereocenters. The molecule has 2 aromatic rings. The zero-order chi connectivity index (χ0) is 17.8. The van der Waals surface area contributed by atoms with Crippen molar-refractivity contribution in [3.05, 3.63) is 53.3 Å². The number of carbonyl (C=O) groups is 1. The smallest absolute Gasteiger partial charge is 0.254 e. The van der Waals surface area contributed by atoms with Gasteiger partial charge in [0.1, 0.15) is 0 Å². The van der Waals surface area contributed by atoms with Crippen LogP contribution < -0.4 is 5.32 Å². The molecule has 1 aromatic carbocycles. The molecule has 1 N–H and O–H groups in total. The average molecular weight is 342 g/mol. The Bertz CT molecular complexity index is 713. The molecular formula is C19H26N4O2. The maximum absolute atomic E-state index is 12.5. The highest BCUT2D eigenvalue weighted by atomic mass is 16.5. The molecule has 0 bridgehead atoms. The van der Waals surface area contributed by atoms with Gasteiger partial charge >= 0.3 is 0 Å². The average Bonchev–Trinajstić information content (AvgIpc) is 2.98. The maximum Gasteiger partial charge on any atom is 0.254 e. The number of hydrogen-bond donors (Lipinski definition) is 1. The SMILES string of the molecule is CCN1CCO[C@@H](CNC(=O)c2cn(C)nc2C)[C@@H]1c1ccccc1. The van der Waals surface area contributed by atoms with Crippen LogP contribution in [0.25, 0.3) is 0 Å². The van der Waals surface area contributed by atoms with E-state index in [0.29, 0.717) is 18.7 Å². The number of benzene rings is 1. The molecule has 3 rings (SSSR count). The van der Waals surface area contributed by atoms with E-state index in [-0.39, 0.29) is 18.1 Å². The van der Waals surface area contributed by atoms with Gasteiger partial charge < -0.3 is 10.1 Å². The van der Waals surface area contributed by atoms with E-state index in [1.165, 1.54) is 5.56 Å². The second-order valence-electron chi connectivity index (χ2n) is 6.41. The number of nitrogens with zero attached hydrogens (tertiary/aromatic N) is 3. The Labute approximate surface area is 148 Å². The van der Waals surface area contributed by atoms with Gasteiger partial charge in [0.25, 0.3) is 5.91 Å². The number of aromatic nitrogens is 2. The molecule has 25 heavy (non-hydrogen) atoms. The van der Waals surface area contributed by atoms with Gasteiger partial charge in [-0.05, 0) is 19.0 Å². The highest BCUT2D eigenvalue weighted by Crippen LogP contribution is 2.29. The van der Waals surface area contributed by atoms with E-state index in [4.69, 9.17) is 4.74 Å². The summed E-state index contributed by atoms with van der Waals surface area (Å²) in [7, 11) is 1.82. The third kappa shape index (κ3) is 3.91. The fraction of sp³-hybridized carbons (Fsp3) is 0.474. The van der Waals surface area contributed by atoms with Crippen LogP contribution in [0.1, 0.15) is 34.6 Å². The predicted molar refractivity (Wildman–Crippen MR) is 96.4 cm³/mol. The molecule has 6 nitrogen and oxygen atoms in total. The minimum Gasteiger partial charge on any atom is -0.373 e. The monoisotopic (exact) mass is 342 g/mol. The van der Waals surface area contributed by atoms with Crippen molar-refractivity contribution in [2.24, 2.45) is 7.05 Å². The summed E-state index contributed by atoms with van der Waals surface area (Å²) in [6.07, 6.45) is 1.68.